The number of para-hydroxylation sites is 1. The van der Waals surface area contributed by atoms with Crippen LogP contribution in [-0.2, 0) is 19.6 Å². The number of benzene rings is 2. The molecule has 134 valence electrons. The van der Waals surface area contributed by atoms with Crippen LogP contribution in [0.2, 0.25) is 0 Å². The minimum absolute atomic E-state index is 0.0424. The van der Waals surface area contributed by atoms with Gasteiger partial charge in [0.15, 0.2) is 0 Å². The fraction of sp³-hybridized carbons (Fsp3) is 0.300. The van der Waals surface area contributed by atoms with E-state index < -0.39 is 27.9 Å². The molecular weight excluding hydrogens is 350 g/mol. The molecule has 6 heteroatoms. The van der Waals surface area contributed by atoms with Gasteiger partial charge in [0.05, 0.1) is 22.5 Å². The second-order valence-corrected chi connectivity index (χ2v) is 8.87. The van der Waals surface area contributed by atoms with Crippen molar-refractivity contribution in [3.8, 4) is 0 Å². The van der Waals surface area contributed by atoms with Gasteiger partial charge in [0.1, 0.15) is 11.6 Å². The van der Waals surface area contributed by atoms with Crippen LogP contribution in [0.25, 0.3) is 0 Å². The van der Waals surface area contributed by atoms with Crippen LogP contribution < -0.4 is 4.31 Å². The molecule has 0 spiro atoms. The van der Waals surface area contributed by atoms with E-state index in [0.717, 1.165) is 11.1 Å². The number of sulfonamides is 1. The number of aryl methyl sites for hydroxylation is 1. The highest BCUT2D eigenvalue weighted by atomic mass is 32.2. The van der Waals surface area contributed by atoms with Crippen LogP contribution in [0.15, 0.2) is 53.4 Å². The molecule has 1 aliphatic carbocycles. The molecule has 0 N–H and O–H groups in total. The van der Waals surface area contributed by atoms with Crippen molar-refractivity contribution >= 4 is 27.3 Å². The molecule has 5 nitrogen and oxygen atoms in total. The number of rotatable bonds is 4. The van der Waals surface area contributed by atoms with Crippen LogP contribution in [0.3, 0.4) is 0 Å². The molecule has 2 aromatic carbocycles. The SMILES string of the molecule is CC(=O)C[C@H]1C(=O)[C@@H]2c3ccccc3N(S(=O)(=O)c3ccc(C)cc3)[C@@H]21. The van der Waals surface area contributed by atoms with Gasteiger partial charge in [-0.1, -0.05) is 35.9 Å². The Morgan fingerprint density at radius 3 is 2.38 bits per heavy atom. The number of carbonyl (C=O) groups is 2. The predicted molar refractivity (Wildman–Crippen MR) is 97.6 cm³/mol. The van der Waals surface area contributed by atoms with Crippen LogP contribution in [0.5, 0.6) is 0 Å². The van der Waals surface area contributed by atoms with Crippen molar-refractivity contribution in [2.24, 2.45) is 5.92 Å². The smallest absolute Gasteiger partial charge is 0.264 e. The van der Waals surface area contributed by atoms with Crippen molar-refractivity contribution in [3.63, 3.8) is 0 Å². The van der Waals surface area contributed by atoms with Crippen LogP contribution in [0, 0.1) is 12.8 Å². The van der Waals surface area contributed by atoms with E-state index in [4.69, 9.17) is 0 Å². The van der Waals surface area contributed by atoms with Gasteiger partial charge < -0.3 is 4.79 Å². The van der Waals surface area contributed by atoms with E-state index in [1.807, 2.05) is 13.0 Å². The standard InChI is InChI=1S/C20H19NO4S/c1-12-7-9-14(10-8-12)26(24,25)21-17-6-4-3-5-15(17)18-19(21)16(20(18)23)11-13(2)22/h3-10,16,18-19H,11H2,1-2H3/t16-,18-,19-/m1/s1. The summed E-state index contributed by atoms with van der Waals surface area (Å²) in [6.07, 6.45) is 0.0773. The van der Waals surface area contributed by atoms with Gasteiger partial charge >= 0.3 is 0 Å². The Bertz CT molecular complexity index is 1010. The van der Waals surface area contributed by atoms with Crippen LogP contribution in [-0.4, -0.2) is 26.0 Å². The molecule has 4 rings (SSSR count). The van der Waals surface area contributed by atoms with Crippen molar-refractivity contribution in [1.82, 2.24) is 0 Å². The van der Waals surface area contributed by atoms with Gasteiger partial charge in [-0.3, -0.25) is 9.10 Å². The van der Waals surface area contributed by atoms with Crippen LogP contribution in [0.1, 0.15) is 30.4 Å². The lowest BCUT2D eigenvalue weighted by Gasteiger charge is -2.42. The Balaban J connectivity index is 1.84. The molecule has 2 aliphatic rings. The van der Waals surface area contributed by atoms with Gasteiger partial charge in [-0.05, 0) is 37.6 Å². The Morgan fingerprint density at radius 2 is 1.73 bits per heavy atom. The Kier molecular flexibility index (Phi) is 3.77. The summed E-state index contributed by atoms with van der Waals surface area (Å²) in [5.41, 5.74) is 2.25. The molecule has 0 aromatic heterocycles. The first-order chi connectivity index (χ1) is 12.3. The topological polar surface area (TPSA) is 71.5 Å². The van der Waals surface area contributed by atoms with Crippen molar-refractivity contribution in [2.75, 3.05) is 4.31 Å². The third-order valence-electron chi connectivity index (χ3n) is 5.29. The molecule has 0 unspecified atom stereocenters. The Morgan fingerprint density at radius 1 is 1.08 bits per heavy atom. The second kappa shape index (κ2) is 5.77. The molecule has 1 aliphatic heterocycles. The molecule has 0 saturated heterocycles. The van der Waals surface area contributed by atoms with Gasteiger partial charge in [0.25, 0.3) is 10.0 Å². The minimum Gasteiger partial charge on any atom is -0.300 e. The first kappa shape index (κ1) is 17.0. The molecule has 3 atom stereocenters. The third-order valence-corrected chi connectivity index (χ3v) is 7.12. The van der Waals surface area contributed by atoms with Gasteiger partial charge in [-0.25, -0.2) is 8.42 Å². The number of hydrogen-bond acceptors (Lipinski definition) is 4. The molecule has 1 fully saturated rings. The summed E-state index contributed by atoms with van der Waals surface area (Å²) in [5, 5.41) is 0. The van der Waals surface area contributed by atoms with Crippen LogP contribution >= 0.6 is 0 Å². The molecule has 1 saturated carbocycles. The highest BCUT2D eigenvalue weighted by Gasteiger charge is 2.61. The number of nitrogens with zero attached hydrogens (tertiary/aromatic N) is 1. The fourth-order valence-electron chi connectivity index (χ4n) is 4.07. The molecule has 0 radical (unpaired) electrons. The summed E-state index contributed by atoms with van der Waals surface area (Å²) >= 11 is 0. The van der Waals surface area contributed by atoms with E-state index in [-0.39, 0.29) is 22.9 Å². The van der Waals surface area contributed by atoms with E-state index in [0.29, 0.717) is 5.69 Å². The normalized spacial score (nSPS) is 24.0. The maximum Gasteiger partial charge on any atom is 0.264 e. The first-order valence-electron chi connectivity index (χ1n) is 8.55. The predicted octanol–water partition coefficient (Wildman–Crippen LogP) is 2.83. The summed E-state index contributed by atoms with van der Waals surface area (Å²) in [4.78, 5) is 24.4. The highest BCUT2D eigenvalue weighted by molar-refractivity contribution is 7.93. The number of ketones is 2. The molecule has 0 amide bonds. The number of fused-ring (bicyclic) bond motifs is 3. The molecule has 0 bridgehead atoms. The van der Waals surface area contributed by atoms with E-state index in [1.54, 1.807) is 42.5 Å². The molecular formula is C20H19NO4S. The minimum atomic E-state index is -3.82. The van der Waals surface area contributed by atoms with Gasteiger partial charge in [0, 0.05) is 12.3 Å². The van der Waals surface area contributed by atoms with Crippen molar-refractivity contribution in [2.45, 2.75) is 37.1 Å². The lowest BCUT2D eigenvalue weighted by Crippen LogP contribution is -2.57. The number of hydrogen-bond donors (Lipinski definition) is 0. The average Bonchev–Trinajstić information content (AvgIpc) is 2.92. The zero-order chi connectivity index (χ0) is 18.6. The largest absolute Gasteiger partial charge is 0.300 e. The van der Waals surface area contributed by atoms with E-state index >= 15 is 0 Å². The molecule has 26 heavy (non-hydrogen) atoms. The zero-order valence-corrected chi connectivity index (χ0v) is 15.4. The summed E-state index contributed by atoms with van der Waals surface area (Å²) in [6.45, 7) is 3.33. The van der Waals surface area contributed by atoms with E-state index in [1.165, 1.54) is 11.2 Å². The van der Waals surface area contributed by atoms with Crippen molar-refractivity contribution in [3.05, 3.63) is 59.7 Å². The quantitative estimate of drug-likeness (QED) is 0.831. The van der Waals surface area contributed by atoms with E-state index in [2.05, 4.69) is 0 Å². The third kappa shape index (κ3) is 2.32. The Hall–Kier alpha value is -2.47. The number of carbonyl (C=O) groups excluding carboxylic acids is 2. The zero-order valence-electron chi connectivity index (χ0n) is 14.5. The number of Topliss-reactive ketones (excluding diaryl/α,β-unsaturated/α-hetero) is 2. The van der Waals surface area contributed by atoms with Crippen molar-refractivity contribution in [1.29, 1.82) is 0 Å². The van der Waals surface area contributed by atoms with Gasteiger partial charge in [-0.15, -0.1) is 0 Å². The second-order valence-electron chi connectivity index (χ2n) is 7.06. The summed E-state index contributed by atoms with van der Waals surface area (Å²) in [7, 11) is -3.82. The Labute approximate surface area is 152 Å². The van der Waals surface area contributed by atoms with E-state index in [9.17, 15) is 18.0 Å². The molecule has 2 aromatic rings. The van der Waals surface area contributed by atoms with Crippen LogP contribution in [0.4, 0.5) is 5.69 Å². The summed E-state index contributed by atoms with van der Waals surface area (Å²) < 4.78 is 28.1. The number of anilines is 1. The lowest BCUT2D eigenvalue weighted by atomic mass is 9.66. The van der Waals surface area contributed by atoms with Gasteiger partial charge in [0.2, 0.25) is 0 Å². The molecule has 1 heterocycles. The fourth-order valence-corrected chi connectivity index (χ4v) is 5.79. The summed E-state index contributed by atoms with van der Waals surface area (Å²) in [5.74, 6) is -1.20. The van der Waals surface area contributed by atoms with Gasteiger partial charge in [-0.2, -0.15) is 0 Å². The van der Waals surface area contributed by atoms with Crippen molar-refractivity contribution < 1.29 is 18.0 Å². The first-order valence-corrected chi connectivity index (χ1v) is 9.99. The lowest BCUT2D eigenvalue weighted by molar-refractivity contribution is -0.136. The maximum atomic E-state index is 13.4. The monoisotopic (exact) mass is 369 g/mol. The highest BCUT2D eigenvalue weighted by Crippen LogP contribution is 2.55. The average molecular weight is 369 g/mol. The summed E-state index contributed by atoms with van der Waals surface area (Å²) in [6, 6.07) is 13.3. The maximum absolute atomic E-state index is 13.4.